The lowest BCUT2D eigenvalue weighted by molar-refractivity contribution is -0.121. The number of hydrogen-bond donors (Lipinski definition) is 1. The highest BCUT2D eigenvalue weighted by Crippen LogP contribution is 2.23. The van der Waals surface area contributed by atoms with Gasteiger partial charge >= 0.3 is 0 Å². The van der Waals surface area contributed by atoms with Crippen LogP contribution in [0, 0.1) is 13.8 Å². The average Bonchev–Trinajstić information content (AvgIpc) is 2.72. The number of carbonyl (C=O) groups is 1. The zero-order valence-corrected chi connectivity index (χ0v) is 18.1. The summed E-state index contributed by atoms with van der Waals surface area (Å²) in [6.45, 7) is 5.47. The maximum atomic E-state index is 13.0. The molecule has 1 N–H and O–H groups in total. The van der Waals surface area contributed by atoms with Crippen molar-refractivity contribution in [3.63, 3.8) is 0 Å². The van der Waals surface area contributed by atoms with Gasteiger partial charge in [-0.05, 0) is 55.9 Å². The molecule has 156 valence electrons. The fourth-order valence-corrected chi connectivity index (χ4v) is 5.54. The van der Waals surface area contributed by atoms with Gasteiger partial charge in [0.2, 0.25) is 15.9 Å². The van der Waals surface area contributed by atoms with Gasteiger partial charge in [0, 0.05) is 26.1 Å². The summed E-state index contributed by atoms with van der Waals surface area (Å²) >= 11 is 0. The molecule has 0 saturated carbocycles. The number of hydrogen-bond acceptors (Lipinski definition) is 3. The number of aryl methyl sites for hydroxylation is 3. The topological polar surface area (TPSA) is 66.5 Å². The van der Waals surface area contributed by atoms with Crippen LogP contribution in [0.3, 0.4) is 0 Å². The standard InChI is InChI=1S/C23H30N2O3S/c1-18-10-11-20(19(2)16-18)12-13-23(26)24-17-21-8-4-5-9-22(21)29(27,28)25-14-6-3-7-15-25/h4-5,8-11,16H,3,6-7,12-15,17H2,1-2H3,(H,24,26). The zero-order valence-electron chi connectivity index (χ0n) is 17.3. The van der Waals surface area contributed by atoms with E-state index in [1.165, 1.54) is 16.7 Å². The smallest absolute Gasteiger partial charge is 0.243 e. The lowest BCUT2D eigenvalue weighted by Gasteiger charge is -2.26. The Hall–Kier alpha value is -2.18. The van der Waals surface area contributed by atoms with E-state index in [1.807, 2.05) is 6.07 Å². The van der Waals surface area contributed by atoms with E-state index >= 15 is 0 Å². The molecule has 0 atom stereocenters. The first-order valence-corrected chi connectivity index (χ1v) is 11.7. The predicted molar refractivity (Wildman–Crippen MR) is 115 cm³/mol. The number of piperidine rings is 1. The molecule has 1 saturated heterocycles. The van der Waals surface area contributed by atoms with Crippen molar-refractivity contribution < 1.29 is 13.2 Å². The summed E-state index contributed by atoms with van der Waals surface area (Å²) < 4.78 is 27.7. The first kappa shape index (κ1) is 21.5. The van der Waals surface area contributed by atoms with Crippen LogP contribution in [0.25, 0.3) is 0 Å². The van der Waals surface area contributed by atoms with Crippen molar-refractivity contribution >= 4 is 15.9 Å². The molecule has 0 bridgehead atoms. The minimum absolute atomic E-state index is 0.0739. The molecule has 1 amide bonds. The van der Waals surface area contributed by atoms with E-state index in [0.717, 1.165) is 19.3 Å². The second kappa shape index (κ2) is 9.55. The monoisotopic (exact) mass is 414 g/mol. The fourth-order valence-electron chi connectivity index (χ4n) is 3.80. The molecule has 2 aromatic carbocycles. The molecular weight excluding hydrogens is 384 g/mol. The molecule has 6 heteroatoms. The van der Waals surface area contributed by atoms with Gasteiger partial charge in [0.25, 0.3) is 0 Å². The Morgan fingerprint density at radius 2 is 1.72 bits per heavy atom. The van der Waals surface area contributed by atoms with E-state index < -0.39 is 10.0 Å². The van der Waals surface area contributed by atoms with Crippen LogP contribution in [0.5, 0.6) is 0 Å². The molecule has 5 nitrogen and oxygen atoms in total. The summed E-state index contributed by atoms with van der Waals surface area (Å²) in [6, 6.07) is 13.2. The van der Waals surface area contributed by atoms with E-state index in [4.69, 9.17) is 0 Å². The average molecular weight is 415 g/mol. The summed E-state index contributed by atoms with van der Waals surface area (Å²) in [5.74, 6) is -0.0739. The number of sulfonamides is 1. The van der Waals surface area contributed by atoms with Crippen LogP contribution < -0.4 is 5.32 Å². The van der Waals surface area contributed by atoms with Crippen LogP contribution in [0.4, 0.5) is 0 Å². The highest BCUT2D eigenvalue weighted by Gasteiger charge is 2.27. The molecule has 0 unspecified atom stereocenters. The van der Waals surface area contributed by atoms with Crippen LogP contribution in [-0.4, -0.2) is 31.7 Å². The molecule has 1 heterocycles. The van der Waals surface area contributed by atoms with Gasteiger partial charge in [0.15, 0.2) is 0 Å². The number of carbonyl (C=O) groups excluding carboxylic acids is 1. The lowest BCUT2D eigenvalue weighted by Crippen LogP contribution is -2.36. The molecule has 2 aromatic rings. The van der Waals surface area contributed by atoms with Crippen LogP contribution in [-0.2, 0) is 27.8 Å². The van der Waals surface area contributed by atoms with Crippen molar-refractivity contribution in [2.45, 2.75) is 57.4 Å². The highest BCUT2D eigenvalue weighted by molar-refractivity contribution is 7.89. The molecule has 0 aliphatic carbocycles. The van der Waals surface area contributed by atoms with Crippen LogP contribution in [0.2, 0.25) is 0 Å². The Morgan fingerprint density at radius 3 is 2.45 bits per heavy atom. The molecule has 1 aliphatic rings. The van der Waals surface area contributed by atoms with Crippen molar-refractivity contribution in [2.24, 2.45) is 0 Å². The summed E-state index contributed by atoms with van der Waals surface area (Å²) in [6.07, 6.45) is 3.92. The first-order valence-electron chi connectivity index (χ1n) is 10.3. The maximum Gasteiger partial charge on any atom is 0.243 e. The number of nitrogens with one attached hydrogen (secondary N) is 1. The number of rotatable bonds is 7. The summed E-state index contributed by atoms with van der Waals surface area (Å²) in [7, 11) is -3.52. The number of amides is 1. The first-order chi connectivity index (χ1) is 13.9. The Labute approximate surface area is 174 Å². The second-order valence-electron chi connectivity index (χ2n) is 7.78. The van der Waals surface area contributed by atoms with Crippen LogP contribution in [0.1, 0.15) is 47.9 Å². The van der Waals surface area contributed by atoms with E-state index in [0.29, 0.717) is 36.4 Å². The van der Waals surface area contributed by atoms with E-state index in [9.17, 15) is 13.2 Å². The molecule has 0 spiro atoms. The van der Waals surface area contributed by atoms with Gasteiger partial charge < -0.3 is 5.32 Å². The van der Waals surface area contributed by atoms with Gasteiger partial charge in [0.1, 0.15) is 0 Å². The highest BCUT2D eigenvalue weighted by atomic mass is 32.2. The molecule has 0 radical (unpaired) electrons. The van der Waals surface area contributed by atoms with Gasteiger partial charge in [-0.2, -0.15) is 4.31 Å². The molecule has 3 rings (SSSR count). The number of nitrogens with zero attached hydrogens (tertiary/aromatic N) is 1. The SMILES string of the molecule is Cc1ccc(CCC(=O)NCc2ccccc2S(=O)(=O)N2CCCCC2)c(C)c1. The molecule has 1 fully saturated rings. The third kappa shape index (κ3) is 5.46. The minimum Gasteiger partial charge on any atom is -0.352 e. The Balaban J connectivity index is 1.62. The fraction of sp³-hybridized carbons (Fsp3) is 0.435. The maximum absolute atomic E-state index is 13.0. The third-order valence-corrected chi connectivity index (χ3v) is 7.50. The zero-order chi connectivity index (χ0) is 20.9. The van der Waals surface area contributed by atoms with Crippen molar-refractivity contribution in [3.8, 4) is 0 Å². The summed E-state index contributed by atoms with van der Waals surface area (Å²) in [5, 5.41) is 2.89. The summed E-state index contributed by atoms with van der Waals surface area (Å²) in [4.78, 5) is 12.7. The molecular formula is C23H30N2O3S. The van der Waals surface area contributed by atoms with Gasteiger partial charge in [-0.15, -0.1) is 0 Å². The van der Waals surface area contributed by atoms with Crippen molar-refractivity contribution in [1.29, 1.82) is 0 Å². The Kier molecular flexibility index (Phi) is 7.09. The van der Waals surface area contributed by atoms with E-state index in [-0.39, 0.29) is 12.5 Å². The quantitative estimate of drug-likeness (QED) is 0.751. The lowest BCUT2D eigenvalue weighted by atomic mass is 10.0. The third-order valence-electron chi connectivity index (χ3n) is 5.50. The molecule has 29 heavy (non-hydrogen) atoms. The van der Waals surface area contributed by atoms with Crippen LogP contribution >= 0.6 is 0 Å². The minimum atomic E-state index is -3.52. The molecule has 1 aliphatic heterocycles. The van der Waals surface area contributed by atoms with Gasteiger partial charge in [-0.1, -0.05) is 48.4 Å². The van der Waals surface area contributed by atoms with Gasteiger partial charge in [-0.25, -0.2) is 8.42 Å². The van der Waals surface area contributed by atoms with Crippen LogP contribution in [0.15, 0.2) is 47.4 Å². The van der Waals surface area contributed by atoms with E-state index in [1.54, 1.807) is 22.5 Å². The normalized spacial score (nSPS) is 15.2. The van der Waals surface area contributed by atoms with Crippen molar-refractivity contribution in [1.82, 2.24) is 9.62 Å². The largest absolute Gasteiger partial charge is 0.352 e. The van der Waals surface area contributed by atoms with Crippen molar-refractivity contribution in [3.05, 3.63) is 64.7 Å². The van der Waals surface area contributed by atoms with Gasteiger partial charge in [-0.3, -0.25) is 4.79 Å². The predicted octanol–water partition coefficient (Wildman–Crippen LogP) is 3.73. The van der Waals surface area contributed by atoms with Crippen molar-refractivity contribution in [2.75, 3.05) is 13.1 Å². The van der Waals surface area contributed by atoms with E-state index in [2.05, 4.69) is 37.4 Å². The second-order valence-corrected chi connectivity index (χ2v) is 9.69. The summed E-state index contributed by atoms with van der Waals surface area (Å²) in [5.41, 5.74) is 4.20. The Bertz CT molecular complexity index is 964. The number of benzene rings is 2. The Morgan fingerprint density at radius 1 is 1.00 bits per heavy atom. The molecule has 0 aromatic heterocycles. The van der Waals surface area contributed by atoms with Gasteiger partial charge in [0.05, 0.1) is 4.90 Å².